The van der Waals surface area contributed by atoms with Gasteiger partial charge in [-0.25, -0.2) is 0 Å². The first-order valence-corrected chi connectivity index (χ1v) is 9.84. The van der Waals surface area contributed by atoms with Crippen LogP contribution in [0.4, 0.5) is 0 Å². The highest BCUT2D eigenvalue weighted by Crippen LogP contribution is 2.23. The van der Waals surface area contributed by atoms with Crippen molar-refractivity contribution in [3.63, 3.8) is 0 Å². The van der Waals surface area contributed by atoms with Crippen molar-refractivity contribution >= 4 is 11.8 Å². The van der Waals surface area contributed by atoms with Gasteiger partial charge in [-0.2, -0.15) is 5.10 Å². The first-order chi connectivity index (χ1) is 15.0. The number of nitrogens with zero attached hydrogens (tertiary/aromatic N) is 2. The molecule has 2 aromatic heterocycles. The molecule has 0 saturated carbocycles. The number of nitrogens with one attached hydrogen (secondary N) is 2. The van der Waals surface area contributed by atoms with Crippen molar-refractivity contribution in [2.75, 3.05) is 0 Å². The van der Waals surface area contributed by atoms with Crippen LogP contribution < -0.4 is 10.9 Å². The maximum Gasteiger partial charge on any atom is 0.273 e. The van der Waals surface area contributed by atoms with E-state index in [1.807, 2.05) is 61.5 Å². The lowest BCUT2D eigenvalue weighted by molar-refractivity contribution is 0.0846. The number of aromatic nitrogens is 2. The highest BCUT2D eigenvalue weighted by molar-refractivity contribution is 6.02. The van der Waals surface area contributed by atoms with Gasteiger partial charge in [-0.3, -0.25) is 25.1 Å². The van der Waals surface area contributed by atoms with Gasteiger partial charge in [0.25, 0.3) is 11.8 Å². The van der Waals surface area contributed by atoms with Gasteiger partial charge < -0.3 is 4.42 Å². The number of benzene rings is 2. The van der Waals surface area contributed by atoms with E-state index < -0.39 is 11.8 Å². The summed E-state index contributed by atoms with van der Waals surface area (Å²) < 4.78 is 6.86. The van der Waals surface area contributed by atoms with Crippen molar-refractivity contribution in [2.24, 2.45) is 0 Å². The molecule has 0 saturated heterocycles. The van der Waals surface area contributed by atoms with E-state index in [4.69, 9.17) is 4.42 Å². The van der Waals surface area contributed by atoms with E-state index in [9.17, 15) is 9.59 Å². The van der Waals surface area contributed by atoms with Gasteiger partial charge in [-0.1, -0.05) is 60.2 Å². The molecular formula is C24H22N4O3. The molecule has 2 heterocycles. The smallest absolute Gasteiger partial charge is 0.273 e. The van der Waals surface area contributed by atoms with Crippen molar-refractivity contribution < 1.29 is 14.0 Å². The van der Waals surface area contributed by atoms with E-state index in [-0.39, 0.29) is 0 Å². The molecule has 7 heteroatoms. The Kier molecular flexibility index (Phi) is 5.66. The molecule has 31 heavy (non-hydrogen) atoms. The monoisotopic (exact) mass is 414 g/mol. The Hall–Kier alpha value is -4.13. The van der Waals surface area contributed by atoms with Gasteiger partial charge in [0.2, 0.25) is 0 Å². The lowest BCUT2D eigenvalue weighted by Gasteiger charge is -2.07. The lowest BCUT2D eigenvalue weighted by atomic mass is 10.1. The molecule has 2 aromatic carbocycles. The quantitative estimate of drug-likeness (QED) is 0.485. The maximum absolute atomic E-state index is 12.9. The number of hydrogen-bond acceptors (Lipinski definition) is 4. The summed E-state index contributed by atoms with van der Waals surface area (Å²) >= 11 is 0. The van der Waals surface area contributed by atoms with Crippen LogP contribution in [0.5, 0.6) is 0 Å². The van der Waals surface area contributed by atoms with Crippen molar-refractivity contribution in [1.82, 2.24) is 20.6 Å². The summed E-state index contributed by atoms with van der Waals surface area (Å²) in [6.07, 6.45) is 3.11. The molecule has 2 amide bonds. The highest BCUT2D eigenvalue weighted by atomic mass is 16.3. The predicted octanol–water partition coefficient (Wildman–Crippen LogP) is 3.88. The second kappa shape index (κ2) is 8.71. The lowest BCUT2D eigenvalue weighted by Crippen LogP contribution is -2.41. The molecule has 4 rings (SSSR count). The SMILES string of the molecule is Cc1ccc(-c2nn(Cc3ccccc3)cc2C(=O)NNC(=O)c2ccoc2C)cc1. The Morgan fingerprint density at radius 3 is 2.23 bits per heavy atom. The van der Waals surface area contributed by atoms with Gasteiger partial charge in [0.05, 0.1) is 23.9 Å². The summed E-state index contributed by atoms with van der Waals surface area (Å²) in [6, 6.07) is 19.2. The van der Waals surface area contributed by atoms with Crippen LogP contribution in [0.2, 0.25) is 0 Å². The number of carbonyl (C=O) groups is 2. The summed E-state index contributed by atoms with van der Waals surface area (Å²) in [6.45, 7) is 4.20. The second-order valence-corrected chi connectivity index (χ2v) is 7.24. The molecular weight excluding hydrogens is 392 g/mol. The van der Waals surface area contributed by atoms with Crippen molar-refractivity contribution in [1.29, 1.82) is 0 Å². The first kappa shape index (κ1) is 20.2. The number of carbonyl (C=O) groups excluding carboxylic acids is 2. The van der Waals surface area contributed by atoms with E-state index in [0.29, 0.717) is 29.1 Å². The third-order valence-electron chi connectivity index (χ3n) is 4.91. The number of furan rings is 1. The summed E-state index contributed by atoms with van der Waals surface area (Å²) in [5.74, 6) is -0.430. The van der Waals surface area contributed by atoms with E-state index >= 15 is 0 Å². The minimum absolute atomic E-state index is 0.360. The van der Waals surface area contributed by atoms with Crippen LogP contribution >= 0.6 is 0 Å². The Balaban J connectivity index is 1.59. The van der Waals surface area contributed by atoms with Crippen molar-refractivity contribution in [3.8, 4) is 11.3 Å². The Labute approximate surface area is 179 Å². The minimum Gasteiger partial charge on any atom is -0.469 e. The molecule has 0 aliphatic heterocycles. The van der Waals surface area contributed by atoms with Gasteiger partial charge in [0, 0.05) is 11.8 Å². The standard InChI is InChI=1S/C24H22N4O3/c1-16-8-10-19(11-9-16)22-21(15-28(27-22)14-18-6-4-3-5-7-18)24(30)26-25-23(29)20-12-13-31-17(20)2/h3-13,15H,14H2,1-2H3,(H,25,29)(H,26,30). The molecule has 0 bridgehead atoms. The second-order valence-electron chi connectivity index (χ2n) is 7.24. The van der Waals surface area contributed by atoms with Crippen LogP contribution in [0.1, 0.15) is 37.6 Å². The van der Waals surface area contributed by atoms with Crippen LogP contribution in [0, 0.1) is 13.8 Å². The van der Waals surface area contributed by atoms with Crippen LogP contribution in [0.15, 0.2) is 77.5 Å². The summed E-state index contributed by atoms with van der Waals surface area (Å²) in [5, 5.41) is 4.65. The summed E-state index contributed by atoms with van der Waals surface area (Å²) in [7, 11) is 0. The Morgan fingerprint density at radius 2 is 1.58 bits per heavy atom. The zero-order chi connectivity index (χ0) is 21.8. The van der Waals surface area contributed by atoms with Crippen LogP contribution in [0.25, 0.3) is 11.3 Å². The molecule has 0 atom stereocenters. The molecule has 0 aliphatic rings. The molecule has 2 N–H and O–H groups in total. The summed E-state index contributed by atoms with van der Waals surface area (Å²) in [5.41, 5.74) is 9.18. The number of hydrogen-bond donors (Lipinski definition) is 2. The molecule has 4 aromatic rings. The first-order valence-electron chi connectivity index (χ1n) is 9.84. The molecule has 0 spiro atoms. The third-order valence-corrected chi connectivity index (χ3v) is 4.91. The van der Waals surface area contributed by atoms with Gasteiger partial charge in [-0.15, -0.1) is 0 Å². The number of rotatable bonds is 5. The molecule has 0 unspecified atom stereocenters. The highest BCUT2D eigenvalue weighted by Gasteiger charge is 2.20. The Morgan fingerprint density at radius 1 is 0.903 bits per heavy atom. The fourth-order valence-electron chi connectivity index (χ4n) is 3.23. The Bertz CT molecular complexity index is 1210. The van der Waals surface area contributed by atoms with E-state index in [0.717, 1.165) is 16.7 Å². The van der Waals surface area contributed by atoms with Gasteiger partial charge in [-0.05, 0) is 25.5 Å². The number of hydrazine groups is 1. The fourth-order valence-corrected chi connectivity index (χ4v) is 3.23. The largest absolute Gasteiger partial charge is 0.469 e. The average Bonchev–Trinajstić information content (AvgIpc) is 3.39. The van der Waals surface area contributed by atoms with Gasteiger partial charge >= 0.3 is 0 Å². The van der Waals surface area contributed by atoms with E-state index in [1.165, 1.54) is 6.26 Å². The topological polar surface area (TPSA) is 89.2 Å². The van der Waals surface area contributed by atoms with Gasteiger partial charge in [0.1, 0.15) is 11.5 Å². The van der Waals surface area contributed by atoms with E-state index in [1.54, 1.807) is 23.9 Å². The molecule has 0 fully saturated rings. The van der Waals surface area contributed by atoms with E-state index in [2.05, 4.69) is 16.0 Å². The van der Waals surface area contributed by atoms with Crippen LogP contribution in [-0.4, -0.2) is 21.6 Å². The van der Waals surface area contributed by atoms with Crippen molar-refractivity contribution in [2.45, 2.75) is 20.4 Å². The van der Waals surface area contributed by atoms with Crippen molar-refractivity contribution in [3.05, 3.63) is 101 Å². The number of aryl methyl sites for hydroxylation is 2. The zero-order valence-electron chi connectivity index (χ0n) is 17.3. The molecule has 0 radical (unpaired) electrons. The van der Waals surface area contributed by atoms with Crippen LogP contribution in [0.3, 0.4) is 0 Å². The van der Waals surface area contributed by atoms with Crippen LogP contribution in [-0.2, 0) is 6.54 Å². The fraction of sp³-hybridized carbons (Fsp3) is 0.125. The summed E-state index contributed by atoms with van der Waals surface area (Å²) in [4.78, 5) is 25.2. The minimum atomic E-state index is -0.454. The third kappa shape index (κ3) is 4.56. The predicted molar refractivity (Wildman–Crippen MR) is 116 cm³/mol. The average molecular weight is 414 g/mol. The molecule has 0 aliphatic carbocycles. The number of amides is 2. The maximum atomic E-state index is 12.9. The van der Waals surface area contributed by atoms with Gasteiger partial charge in [0.15, 0.2) is 0 Å². The molecule has 156 valence electrons. The molecule has 7 nitrogen and oxygen atoms in total. The zero-order valence-corrected chi connectivity index (χ0v) is 17.3. The normalized spacial score (nSPS) is 10.6.